The van der Waals surface area contributed by atoms with E-state index >= 15 is 0 Å². The lowest BCUT2D eigenvalue weighted by molar-refractivity contribution is 0.0398. The van der Waals surface area contributed by atoms with Crippen LogP contribution in [-0.4, -0.2) is 117 Å². The van der Waals surface area contributed by atoms with E-state index in [1.807, 2.05) is 0 Å². The summed E-state index contributed by atoms with van der Waals surface area (Å²) in [6.07, 6.45) is 0. The van der Waals surface area contributed by atoms with Gasteiger partial charge in [-0.05, 0) is 13.8 Å². The molecule has 0 atom stereocenters. The third-order valence-electron chi connectivity index (χ3n) is 5.30. The van der Waals surface area contributed by atoms with Gasteiger partial charge in [0.05, 0.1) is 26.4 Å². The number of hydrogen-bond acceptors (Lipinski definition) is 10. The fourth-order valence-electron chi connectivity index (χ4n) is 3.47. The second kappa shape index (κ2) is 12.1. The molecule has 0 aliphatic carbocycles. The third kappa shape index (κ3) is 7.22. The fourth-order valence-corrected chi connectivity index (χ4v) is 3.47. The van der Waals surface area contributed by atoms with Crippen LogP contribution in [0, 0.1) is 0 Å². The van der Waals surface area contributed by atoms with Crippen LogP contribution in [0.3, 0.4) is 0 Å². The SMILES string of the molecule is CCN(CC)c1nc(NCCN2CCOCC2)nc(NCCN2CCOCC2)n1. The Hall–Kier alpha value is -1.75. The molecule has 29 heavy (non-hydrogen) atoms. The molecule has 0 bridgehead atoms. The number of rotatable bonds is 11. The van der Waals surface area contributed by atoms with Crippen LogP contribution in [0.25, 0.3) is 0 Å². The molecule has 1 aromatic heterocycles. The lowest BCUT2D eigenvalue weighted by Gasteiger charge is -2.27. The van der Waals surface area contributed by atoms with E-state index in [4.69, 9.17) is 9.47 Å². The standard InChI is InChI=1S/C19H36N8O2/c1-3-27(4-2)19-23-17(20-5-7-25-9-13-28-14-10-25)22-18(24-19)21-6-8-26-11-15-29-16-12-26/h3-16H2,1-2H3,(H2,20,21,22,23,24). The molecule has 2 saturated heterocycles. The first-order valence-corrected chi connectivity index (χ1v) is 10.9. The first-order chi connectivity index (χ1) is 14.3. The molecule has 2 N–H and O–H groups in total. The molecule has 2 fully saturated rings. The normalized spacial score (nSPS) is 18.6. The van der Waals surface area contributed by atoms with Crippen LogP contribution in [0.1, 0.15) is 13.8 Å². The van der Waals surface area contributed by atoms with Gasteiger partial charge in [0, 0.05) is 65.4 Å². The zero-order valence-corrected chi connectivity index (χ0v) is 17.9. The fraction of sp³-hybridized carbons (Fsp3) is 0.842. The summed E-state index contributed by atoms with van der Waals surface area (Å²) in [7, 11) is 0. The van der Waals surface area contributed by atoms with Crippen molar-refractivity contribution in [1.82, 2.24) is 24.8 Å². The van der Waals surface area contributed by atoms with E-state index in [0.717, 1.165) is 91.9 Å². The van der Waals surface area contributed by atoms with Crippen LogP contribution in [0.15, 0.2) is 0 Å². The molecule has 2 aliphatic rings. The molecular formula is C19H36N8O2. The van der Waals surface area contributed by atoms with Gasteiger partial charge in [-0.3, -0.25) is 9.80 Å². The first kappa shape index (κ1) is 21.9. The Morgan fingerprint density at radius 1 is 0.759 bits per heavy atom. The quantitative estimate of drug-likeness (QED) is 0.529. The number of hydrogen-bond donors (Lipinski definition) is 2. The van der Waals surface area contributed by atoms with E-state index in [9.17, 15) is 0 Å². The Balaban J connectivity index is 1.56. The smallest absolute Gasteiger partial charge is 0.231 e. The summed E-state index contributed by atoms with van der Waals surface area (Å²) in [5, 5.41) is 6.75. The lowest BCUT2D eigenvalue weighted by Crippen LogP contribution is -2.39. The van der Waals surface area contributed by atoms with Crippen molar-refractivity contribution < 1.29 is 9.47 Å². The molecule has 0 amide bonds. The van der Waals surface area contributed by atoms with Gasteiger partial charge in [-0.15, -0.1) is 0 Å². The van der Waals surface area contributed by atoms with Crippen LogP contribution in [0.4, 0.5) is 17.8 Å². The molecule has 0 radical (unpaired) electrons. The van der Waals surface area contributed by atoms with E-state index < -0.39 is 0 Å². The topological polar surface area (TPSA) is 90.9 Å². The largest absolute Gasteiger partial charge is 0.379 e. The van der Waals surface area contributed by atoms with Crippen LogP contribution in [0.5, 0.6) is 0 Å². The van der Waals surface area contributed by atoms with E-state index in [1.54, 1.807) is 0 Å². The van der Waals surface area contributed by atoms with E-state index in [1.165, 1.54) is 0 Å². The molecule has 3 heterocycles. The van der Waals surface area contributed by atoms with Crippen molar-refractivity contribution >= 4 is 17.8 Å². The van der Waals surface area contributed by atoms with Crippen molar-refractivity contribution in [3.63, 3.8) is 0 Å². The molecule has 3 rings (SSSR count). The maximum Gasteiger partial charge on any atom is 0.231 e. The Morgan fingerprint density at radius 2 is 1.21 bits per heavy atom. The number of morpholine rings is 2. The second-order valence-corrected chi connectivity index (χ2v) is 7.22. The molecule has 0 saturated carbocycles. The summed E-state index contributed by atoms with van der Waals surface area (Å²) in [6, 6.07) is 0. The average Bonchev–Trinajstić information content (AvgIpc) is 2.76. The number of anilines is 3. The van der Waals surface area contributed by atoms with Crippen LogP contribution < -0.4 is 15.5 Å². The van der Waals surface area contributed by atoms with E-state index in [0.29, 0.717) is 17.8 Å². The van der Waals surface area contributed by atoms with Crippen molar-refractivity contribution in [2.45, 2.75) is 13.8 Å². The van der Waals surface area contributed by atoms with Crippen molar-refractivity contribution in [3.8, 4) is 0 Å². The minimum absolute atomic E-state index is 0.629. The van der Waals surface area contributed by atoms with Crippen molar-refractivity contribution in [3.05, 3.63) is 0 Å². The highest BCUT2D eigenvalue weighted by Crippen LogP contribution is 2.13. The summed E-state index contributed by atoms with van der Waals surface area (Å²) in [6.45, 7) is 16.7. The Morgan fingerprint density at radius 3 is 1.62 bits per heavy atom. The van der Waals surface area contributed by atoms with Gasteiger partial charge < -0.3 is 25.0 Å². The van der Waals surface area contributed by atoms with E-state index in [2.05, 4.69) is 54.1 Å². The first-order valence-electron chi connectivity index (χ1n) is 10.9. The van der Waals surface area contributed by atoms with Gasteiger partial charge >= 0.3 is 0 Å². The number of aromatic nitrogens is 3. The van der Waals surface area contributed by atoms with Gasteiger partial charge in [0.2, 0.25) is 17.8 Å². The maximum atomic E-state index is 5.41. The average molecular weight is 409 g/mol. The molecule has 1 aromatic rings. The highest BCUT2D eigenvalue weighted by atomic mass is 16.5. The zero-order valence-electron chi connectivity index (χ0n) is 17.9. The predicted molar refractivity (Wildman–Crippen MR) is 115 cm³/mol. The minimum Gasteiger partial charge on any atom is -0.379 e. The molecule has 0 spiro atoms. The molecule has 10 heteroatoms. The van der Waals surface area contributed by atoms with Gasteiger partial charge in [0.25, 0.3) is 0 Å². The maximum absolute atomic E-state index is 5.41. The summed E-state index contributed by atoms with van der Waals surface area (Å²) >= 11 is 0. The molecule has 164 valence electrons. The van der Waals surface area contributed by atoms with Crippen LogP contribution in [0.2, 0.25) is 0 Å². The van der Waals surface area contributed by atoms with Crippen molar-refractivity contribution in [1.29, 1.82) is 0 Å². The third-order valence-corrected chi connectivity index (χ3v) is 5.30. The molecule has 2 aliphatic heterocycles. The molecule has 0 aromatic carbocycles. The van der Waals surface area contributed by atoms with Gasteiger partial charge in [-0.1, -0.05) is 0 Å². The highest BCUT2D eigenvalue weighted by Gasteiger charge is 2.14. The van der Waals surface area contributed by atoms with Gasteiger partial charge in [-0.2, -0.15) is 15.0 Å². The van der Waals surface area contributed by atoms with Gasteiger partial charge in [0.15, 0.2) is 0 Å². The zero-order chi connectivity index (χ0) is 20.3. The van der Waals surface area contributed by atoms with Crippen LogP contribution in [-0.2, 0) is 9.47 Å². The number of nitrogens with zero attached hydrogens (tertiary/aromatic N) is 6. The van der Waals surface area contributed by atoms with E-state index in [-0.39, 0.29) is 0 Å². The molecule has 10 nitrogen and oxygen atoms in total. The predicted octanol–water partition coefficient (Wildman–Crippen LogP) is 0.206. The Labute approximate surface area is 174 Å². The summed E-state index contributed by atoms with van der Waals surface area (Å²) < 4.78 is 10.8. The Kier molecular flexibility index (Phi) is 9.13. The molecular weight excluding hydrogens is 372 g/mol. The monoisotopic (exact) mass is 408 g/mol. The summed E-state index contributed by atoms with van der Waals surface area (Å²) in [5.74, 6) is 1.97. The number of ether oxygens (including phenoxy) is 2. The van der Waals surface area contributed by atoms with Gasteiger partial charge in [0.1, 0.15) is 0 Å². The Bertz CT molecular complexity index is 547. The van der Waals surface area contributed by atoms with Crippen LogP contribution >= 0.6 is 0 Å². The van der Waals surface area contributed by atoms with Crippen molar-refractivity contribution in [2.24, 2.45) is 0 Å². The molecule has 0 unspecified atom stereocenters. The van der Waals surface area contributed by atoms with Crippen molar-refractivity contribution in [2.75, 3.05) is 107 Å². The minimum atomic E-state index is 0.629. The van der Waals surface area contributed by atoms with Gasteiger partial charge in [-0.25, -0.2) is 0 Å². The second-order valence-electron chi connectivity index (χ2n) is 7.22. The highest BCUT2D eigenvalue weighted by molar-refractivity contribution is 5.43. The summed E-state index contributed by atoms with van der Waals surface area (Å²) in [4.78, 5) is 20.8. The lowest BCUT2D eigenvalue weighted by atomic mass is 10.4. The summed E-state index contributed by atoms with van der Waals surface area (Å²) in [5.41, 5.74) is 0. The number of nitrogens with one attached hydrogen (secondary N) is 2.